The molecule has 2 aromatic carbocycles. The maximum absolute atomic E-state index is 14.3. The number of rotatable bonds is 8. The second-order valence-corrected chi connectivity index (χ2v) is 8.81. The van der Waals surface area contributed by atoms with Gasteiger partial charge in [-0.3, -0.25) is 15.0 Å². The molecule has 0 unspecified atom stereocenters. The van der Waals surface area contributed by atoms with E-state index < -0.39 is 36.6 Å². The van der Waals surface area contributed by atoms with Crippen LogP contribution in [0, 0.1) is 10.9 Å². The Hall–Kier alpha value is -3.62. The summed E-state index contributed by atoms with van der Waals surface area (Å²) in [6.07, 6.45) is -1.44. The summed E-state index contributed by atoms with van der Waals surface area (Å²) < 4.78 is 14.3. The standard InChI is InChI=1S/C25H31FN6O2/c1-16(2)18-9-11-20(12-10-18)24(19-7-5-4-6-8-19)29-25(34)22-13-21(26)14-31(22)23(33)15-32(30-28)17(3)27/h4-12,16,21-22,24,27-28H,13-15H2,1-3H3,(H,29,34)/t21-,22+,24+/m1/s1. The highest BCUT2D eigenvalue weighted by Gasteiger charge is 2.41. The number of benzene rings is 2. The molecular weight excluding hydrogens is 435 g/mol. The van der Waals surface area contributed by atoms with Crippen LogP contribution in [0.4, 0.5) is 4.39 Å². The van der Waals surface area contributed by atoms with E-state index in [2.05, 4.69) is 24.4 Å². The fourth-order valence-corrected chi connectivity index (χ4v) is 4.07. The zero-order chi connectivity index (χ0) is 24.8. The van der Waals surface area contributed by atoms with Crippen LogP contribution in [0.3, 0.4) is 0 Å². The Kier molecular flexibility index (Phi) is 8.09. The molecule has 0 radical (unpaired) electrons. The number of nitrogens with zero attached hydrogens (tertiary/aromatic N) is 3. The lowest BCUT2D eigenvalue weighted by atomic mass is 9.95. The topological polar surface area (TPSA) is 113 Å². The van der Waals surface area contributed by atoms with Gasteiger partial charge in [-0.1, -0.05) is 73.7 Å². The molecule has 1 aliphatic heterocycles. The molecule has 2 aromatic rings. The van der Waals surface area contributed by atoms with Crippen LogP contribution in [0.1, 0.15) is 55.8 Å². The molecule has 180 valence electrons. The van der Waals surface area contributed by atoms with Crippen LogP contribution in [-0.2, 0) is 9.59 Å². The minimum absolute atomic E-state index is 0.0886. The van der Waals surface area contributed by atoms with E-state index in [1.165, 1.54) is 17.4 Å². The molecule has 34 heavy (non-hydrogen) atoms. The molecule has 3 N–H and O–H groups in total. The monoisotopic (exact) mass is 466 g/mol. The average molecular weight is 467 g/mol. The van der Waals surface area contributed by atoms with Crippen LogP contribution < -0.4 is 5.32 Å². The third-order valence-corrected chi connectivity index (χ3v) is 6.02. The van der Waals surface area contributed by atoms with Crippen LogP contribution in [0.5, 0.6) is 0 Å². The van der Waals surface area contributed by atoms with E-state index in [1.807, 2.05) is 54.6 Å². The third-order valence-electron chi connectivity index (χ3n) is 6.02. The number of amides is 2. The summed E-state index contributed by atoms with van der Waals surface area (Å²) in [7, 11) is 0. The number of hydrogen-bond donors (Lipinski definition) is 3. The quantitative estimate of drug-likeness (QED) is 0.234. The average Bonchev–Trinajstić information content (AvgIpc) is 3.23. The van der Waals surface area contributed by atoms with Crippen molar-refractivity contribution >= 4 is 17.6 Å². The number of likely N-dealkylation sites (tertiary alicyclic amines) is 1. The van der Waals surface area contributed by atoms with Gasteiger partial charge < -0.3 is 10.2 Å². The fourth-order valence-electron chi connectivity index (χ4n) is 4.07. The van der Waals surface area contributed by atoms with E-state index in [9.17, 15) is 14.0 Å². The maximum atomic E-state index is 14.3. The predicted molar refractivity (Wildman–Crippen MR) is 127 cm³/mol. The van der Waals surface area contributed by atoms with Crippen LogP contribution in [0.25, 0.3) is 0 Å². The van der Waals surface area contributed by atoms with Gasteiger partial charge in [-0.25, -0.2) is 9.40 Å². The van der Waals surface area contributed by atoms with Gasteiger partial charge in [-0.2, -0.15) is 5.53 Å². The third kappa shape index (κ3) is 5.84. The van der Waals surface area contributed by atoms with Gasteiger partial charge in [0.15, 0.2) is 0 Å². The molecule has 9 heteroatoms. The molecule has 1 heterocycles. The van der Waals surface area contributed by atoms with Crippen molar-refractivity contribution in [1.29, 1.82) is 10.9 Å². The zero-order valence-electron chi connectivity index (χ0n) is 19.7. The van der Waals surface area contributed by atoms with E-state index in [4.69, 9.17) is 10.9 Å². The van der Waals surface area contributed by atoms with Gasteiger partial charge in [-0.15, -0.1) is 0 Å². The second kappa shape index (κ2) is 11.0. The Bertz CT molecular complexity index is 1030. The number of carbonyl (C=O) groups is 2. The van der Waals surface area contributed by atoms with Crippen molar-refractivity contribution in [3.63, 3.8) is 0 Å². The molecule has 1 aliphatic rings. The van der Waals surface area contributed by atoms with E-state index in [1.54, 1.807) is 0 Å². The summed E-state index contributed by atoms with van der Waals surface area (Å²) in [5.74, 6) is -0.719. The lowest BCUT2D eigenvalue weighted by Crippen LogP contribution is -2.49. The maximum Gasteiger partial charge on any atom is 0.245 e. The second-order valence-electron chi connectivity index (χ2n) is 8.81. The zero-order valence-corrected chi connectivity index (χ0v) is 19.7. The van der Waals surface area contributed by atoms with E-state index >= 15 is 0 Å². The van der Waals surface area contributed by atoms with Crippen molar-refractivity contribution in [1.82, 2.24) is 15.2 Å². The molecule has 3 atom stereocenters. The van der Waals surface area contributed by atoms with E-state index in [0.29, 0.717) is 5.92 Å². The minimum atomic E-state index is -1.33. The van der Waals surface area contributed by atoms with E-state index in [-0.39, 0.29) is 18.8 Å². The summed E-state index contributed by atoms with van der Waals surface area (Å²) in [4.78, 5) is 27.3. The van der Waals surface area contributed by atoms with Gasteiger partial charge in [0.25, 0.3) is 0 Å². The highest BCUT2D eigenvalue weighted by molar-refractivity contribution is 5.91. The molecule has 1 saturated heterocycles. The summed E-state index contributed by atoms with van der Waals surface area (Å²) >= 11 is 0. The molecule has 0 saturated carbocycles. The summed E-state index contributed by atoms with van der Waals surface area (Å²) in [5.41, 5.74) is 10.1. The number of halogens is 1. The summed E-state index contributed by atoms with van der Waals surface area (Å²) in [5, 5.41) is 14.7. The molecule has 0 aliphatic carbocycles. The Morgan fingerprint density at radius 1 is 1.12 bits per heavy atom. The summed E-state index contributed by atoms with van der Waals surface area (Å²) in [6.45, 7) is 5.01. The van der Waals surface area contributed by atoms with Crippen molar-refractivity contribution in [3.05, 3.63) is 71.3 Å². The van der Waals surface area contributed by atoms with E-state index in [0.717, 1.165) is 16.1 Å². The molecular formula is C25H31FN6O2. The lowest BCUT2D eigenvalue weighted by molar-refractivity contribution is -0.139. The largest absolute Gasteiger partial charge is 0.343 e. The first-order valence-corrected chi connectivity index (χ1v) is 11.3. The number of carbonyl (C=O) groups excluding carboxylic acids is 2. The molecule has 2 amide bonds. The predicted octanol–water partition coefficient (Wildman–Crippen LogP) is 4.20. The Morgan fingerprint density at radius 3 is 2.26 bits per heavy atom. The van der Waals surface area contributed by atoms with Crippen LogP contribution in [-0.4, -0.2) is 52.9 Å². The molecule has 0 aromatic heterocycles. The van der Waals surface area contributed by atoms with Gasteiger partial charge in [0.2, 0.25) is 11.8 Å². The van der Waals surface area contributed by atoms with Gasteiger partial charge in [0.1, 0.15) is 24.6 Å². The van der Waals surface area contributed by atoms with Crippen molar-refractivity contribution in [2.24, 2.45) is 5.22 Å². The number of nitrogens with one attached hydrogen (secondary N) is 3. The van der Waals surface area contributed by atoms with Crippen LogP contribution in [0.2, 0.25) is 0 Å². The van der Waals surface area contributed by atoms with Gasteiger partial charge >= 0.3 is 0 Å². The van der Waals surface area contributed by atoms with Crippen LogP contribution >= 0.6 is 0 Å². The van der Waals surface area contributed by atoms with Gasteiger partial charge in [0.05, 0.1) is 12.6 Å². The molecule has 0 bridgehead atoms. The minimum Gasteiger partial charge on any atom is -0.343 e. The molecule has 0 spiro atoms. The van der Waals surface area contributed by atoms with Crippen molar-refractivity contribution in [2.75, 3.05) is 13.1 Å². The SMILES string of the molecule is CC(=N)N(CC(=O)N1C[C@H](F)C[C@H]1C(=O)N[C@@H](c1ccccc1)c1ccc(C(C)C)cc1)N=N. The van der Waals surface area contributed by atoms with Gasteiger partial charge in [0, 0.05) is 6.42 Å². The van der Waals surface area contributed by atoms with Crippen molar-refractivity contribution < 1.29 is 14.0 Å². The first kappa shape index (κ1) is 25.0. The smallest absolute Gasteiger partial charge is 0.245 e. The summed E-state index contributed by atoms with van der Waals surface area (Å²) in [6, 6.07) is 16.1. The molecule has 8 nitrogen and oxygen atoms in total. The highest BCUT2D eigenvalue weighted by Crippen LogP contribution is 2.27. The fraction of sp³-hybridized carbons (Fsp3) is 0.400. The molecule has 1 fully saturated rings. The van der Waals surface area contributed by atoms with Crippen LogP contribution in [0.15, 0.2) is 59.8 Å². The Labute approximate surface area is 199 Å². The Balaban J connectivity index is 1.84. The number of hydrogen-bond acceptors (Lipinski definition) is 5. The number of alkyl halides is 1. The lowest BCUT2D eigenvalue weighted by Gasteiger charge is -2.28. The van der Waals surface area contributed by atoms with Gasteiger partial charge in [-0.05, 0) is 29.5 Å². The normalized spacial score (nSPS) is 18.4. The highest BCUT2D eigenvalue weighted by atomic mass is 19.1. The first-order chi connectivity index (χ1) is 16.2. The Morgan fingerprint density at radius 2 is 1.71 bits per heavy atom. The van der Waals surface area contributed by atoms with Crippen molar-refractivity contribution in [3.8, 4) is 0 Å². The first-order valence-electron chi connectivity index (χ1n) is 11.3. The molecule has 3 rings (SSSR count). The number of amidine groups is 1. The van der Waals surface area contributed by atoms with Crippen molar-refractivity contribution in [2.45, 2.75) is 51.4 Å².